The second kappa shape index (κ2) is 6.71. The lowest BCUT2D eigenvalue weighted by Crippen LogP contribution is -2.73. The maximum atomic E-state index is 10.1. The molecular formula is C18H22N3O2+. The monoisotopic (exact) mass is 312 g/mol. The first-order chi connectivity index (χ1) is 11.1. The van der Waals surface area contributed by atoms with Crippen LogP contribution in [0.5, 0.6) is 0 Å². The number of hydrogen-bond acceptors (Lipinski definition) is 2. The summed E-state index contributed by atoms with van der Waals surface area (Å²) in [7, 11) is 0. The number of hydrogen-bond donors (Lipinski definition) is 5. The van der Waals surface area contributed by atoms with Gasteiger partial charge in [-0.2, -0.15) is 0 Å². The average Bonchev–Trinajstić information content (AvgIpc) is 2.55. The maximum absolute atomic E-state index is 10.1. The molecule has 1 aliphatic carbocycles. The summed E-state index contributed by atoms with van der Waals surface area (Å²) in [5.41, 5.74) is 10.5. The summed E-state index contributed by atoms with van der Waals surface area (Å²) < 4.78 is 0. The van der Waals surface area contributed by atoms with Crippen molar-refractivity contribution in [1.82, 2.24) is 0 Å². The molecule has 0 saturated heterocycles. The van der Waals surface area contributed by atoms with Crippen LogP contribution < -0.4 is 16.0 Å². The van der Waals surface area contributed by atoms with E-state index in [0.717, 1.165) is 35.3 Å². The van der Waals surface area contributed by atoms with Gasteiger partial charge in [-0.3, -0.25) is 0 Å². The number of nitrogens with two attached hydrogens (primary N) is 1. The predicted molar refractivity (Wildman–Crippen MR) is 91.3 cm³/mol. The van der Waals surface area contributed by atoms with Crippen molar-refractivity contribution in [2.24, 2.45) is 0 Å². The molecule has 0 saturated carbocycles. The fourth-order valence-corrected chi connectivity index (χ4v) is 2.88. The van der Waals surface area contributed by atoms with E-state index in [-0.39, 0.29) is 12.1 Å². The summed E-state index contributed by atoms with van der Waals surface area (Å²) in [6.45, 7) is 0.497. The summed E-state index contributed by atoms with van der Waals surface area (Å²) in [4.78, 5) is 2.94. The van der Waals surface area contributed by atoms with E-state index in [9.17, 15) is 10.2 Å². The SMILES string of the molecule is Nc1ccc(C[NH+]=C(O)Nc2cccc3c2CC(O)CC3)cc1. The van der Waals surface area contributed by atoms with Crippen molar-refractivity contribution in [3.05, 3.63) is 59.2 Å². The molecule has 1 aliphatic rings. The molecule has 2 aromatic carbocycles. The van der Waals surface area contributed by atoms with E-state index in [1.807, 2.05) is 36.4 Å². The van der Waals surface area contributed by atoms with Gasteiger partial charge in [-0.1, -0.05) is 24.3 Å². The van der Waals surface area contributed by atoms with Crippen LogP contribution in [0.3, 0.4) is 0 Å². The standard InChI is InChI=1S/C18H21N3O2/c19-14-7-4-12(5-8-14)11-20-18(23)21-17-3-1-2-13-6-9-15(22)10-16(13)17/h1-5,7-8,15,22H,6,9-11,19H2,(H2,20,21,23)/p+1. The molecule has 0 spiro atoms. The highest BCUT2D eigenvalue weighted by atomic mass is 16.3. The third kappa shape index (κ3) is 3.81. The van der Waals surface area contributed by atoms with Crippen LogP contribution in [0.4, 0.5) is 11.4 Å². The van der Waals surface area contributed by atoms with Crippen molar-refractivity contribution in [3.8, 4) is 0 Å². The van der Waals surface area contributed by atoms with E-state index in [1.54, 1.807) is 0 Å². The van der Waals surface area contributed by atoms with E-state index in [0.29, 0.717) is 13.0 Å². The van der Waals surface area contributed by atoms with Gasteiger partial charge in [0.25, 0.3) is 0 Å². The van der Waals surface area contributed by atoms with Gasteiger partial charge in [-0.05, 0) is 42.2 Å². The second-order valence-corrected chi connectivity index (χ2v) is 5.91. The zero-order valence-electron chi connectivity index (χ0n) is 12.9. The van der Waals surface area contributed by atoms with Crippen molar-refractivity contribution < 1.29 is 15.2 Å². The topological polar surface area (TPSA) is 92.5 Å². The van der Waals surface area contributed by atoms with E-state index in [2.05, 4.69) is 16.4 Å². The van der Waals surface area contributed by atoms with Crippen molar-refractivity contribution in [1.29, 1.82) is 0 Å². The lowest BCUT2D eigenvalue weighted by atomic mass is 9.88. The minimum absolute atomic E-state index is 0.00436. The van der Waals surface area contributed by atoms with Crippen molar-refractivity contribution in [2.45, 2.75) is 31.9 Å². The zero-order valence-corrected chi connectivity index (χ0v) is 12.9. The number of rotatable bonds is 3. The fourth-order valence-electron chi connectivity index (χ4n) is 2.88. The molecule has 0 radical (unpaired) electrons. The molecule has 0 bridgehead atoms. The minimum atomic E-state index is -0.310. The Labute approximate surface area is 135 Å². The van der Waals surface area contributed by atoms with Crippen LogP contribution in [0.25, 0.3) is 0 Å². The van der Waals surface area contributed by atoms with Gasteiger partial charge in [0.05, 0.1) is 6.10 Å². The van der Waals surface area contributed by atoms with Gasteiger partial charge in [0.2, 0.25) is 0 Å². The van der Waals surface area contributed by atoms with Crippen LogP contribution in [0.15, 0.2) is 42.5 Å². The van der Waals surface area contributed by atoms with Crippen LogP contribution in [-0.2, 0) is 19.4 Å². The van der Waals surface area contributed by atoms with E-state index < -0.39 is 0 Å². The second-order valence-electron chi connectivity index (χ2n) is 5.91. The van der Waals surface area contributed by atoms with Gasteiger partial charge in [0, 0.05) is 17.7 Å². The van der Waals surface area contributed by atoms with Crippen LogP contribution >= 0.6 is 0 Å². The third-order valence-electron chi connectivity index (χ3n) is 4.15. The summed E-state index contributed by atoms with van der Waals surface area (Å²) in [6, 6.07) is 13.4. The number of anilines is 2. The quantitative estimate of drug-likeness (QED) is 0.328. The summed E-state index contributed by atoms with van der Waals surface area (Å²) >= 11 is 0. The Balaban J connectivity index is 1.71. The fraction of sp³-hybridized carbons (Fsp3) is 0.278. The van der Waals surface area contributed by atoms with Crippen LogP contribution in [0.1, 0.15) is 23.1 Å². The molecule has 1 atom stereocenters. The molecule has 0 heterocycles. The predicted octanol–water partition coefficient (Wildman–Crippen LogP) is 0.725. The Morgan fingerprint density at radius 1 is 1.22 bits per heavy atom. The van der Waals surface area contributed by atoms with Crippen molar-refractivity contribution in [3.63, 3.8) is 0 Å². The van der Waals surface area contributed by atoms with E-state index in [4.69, 9.17) is 5.73 Å². The Kier molecular flexibility index (Phi) is 4.48. The molecular weight excluding hydrogens is 290 g/mol. The third-order valence-corrected chi connectivity index (χ3v) is 4.15. The van der Waals surface area contributed by atoms with Gasteiger partial charge in [-0.25, -0.2) is 10.3 Å². The first-order valence-corrected chi connectivity index (χ1v) is 7.82. The highest BCUT2D eigenvalue weighted by Gasteiger charge is 2.21. The number of nitrogens with one attached hydrogen (secondary N) is 2. The van der Waals surface area contributed by atoms with E-state index >= 15 is 0 Å². The number of aryl methyl sites for hydroxylation is 1. The number of fused-ring (bicyclic) bond motifs is 1. The summed E-state index contributed by atoms with van der Waals surface area (Å²) in [5.74, 6) is 0. The molecule has 0 fully saturated rings. The first-order valence-electron chi connectivity index (χ1n) is 7.82. The number of aliphatic hydroxyl groups is 2. The van der Waals surface area contributed by atoms with Crippen LogP contribution in [0, 0.1) is 0 Å². The van der Waals surface area contributed by atoms with Gasteiger partial charge < -0.3 is 15.9 Å². The highest BCUT2D eigenvalue weighted by molar-refractivity contribution is 5.84. The molecule has 0 aromatic heterocycles. The van der Waals surface area contributed by atoms with Gasteiger partial charge in [-0.15, -0.1) is 0 Å². The molecule has 23 heavy (non-hydrogen) atoms. The van der Waals surface area contributed by atoms with Crippen LogP contribution in [-0.4, -0.2) is 22.3 Å². The molecule has 5 nitrogen and oxygen atoms in total. The molecule has 0 aliphatic heterocycles. The summed E-state index contributed by atoms with van der Waals surface area (Å²) in [6.07, 6.45) is 1.96. The molecule has 120 valence electrons. The van der Waals surface area contributed by atoms with Crippen LogP contribution in [0.2, 0.25) is 0 Å². The zero-order chi connectivity index (χ0) is 16.2. The van der Waals surface area contributed by atoms with Gasteiger partial charge in [0.15, 0.2) is 0 Å². The van der Waals surface area contributed by atoms with Crippen molar-refractivity contribution in [2.75, 3.05) is 11.1 Å². The number of amidine groups is 1. The average molecular weight is 312 g/mol. The minimum Gasteiger partial charge on any atom is -0.447 e. The number of nitrogen functional groups attached to an aromatic ring is 1. The Morgan fingerprint density at radius 3 is 2.78 bits per heavy atom. The number of aliphatic hydroxyl groups excluding tert-OH is 2. The summed E-state index contributed by atoms with van der Waals surface area (Å²) in [5, 5.41) is 23.0. The van der Waals surface area contributed by atoms with E-state index in [1.165, 1.54) is 5.56 Å². The maximum Gasteiger partial charge on any atom is 0.444 e. The normalized spacial score (nSPS) is 17.6. The molecule has 5 heteroatoms. The molecule has 6 N–H and O–H groups in total. The van der Waals surface area contributed by atoms with Gasteiger partial charge >= 0.3 is 6.02 Å². The Bertz CT molecular complexity index is 711. The van der Waals surface area contributed by atoms with Crippen molar-refractivity contribution >= 4 is 17.4 Å². The Hall–Kier alpha value is -2.53. The first kappa shape index (κ1) is 15.4. The Morgan fingerprint density at radius 2 is 2.00 bits per heavy atom. The molecule has 1 unspecified atom stereocenters. The molecule has 2 aromatic rings. The molecule has 3 rings (SSSR count). The van der Waals surface area contributed by atoms with Gasteiger partial charge in [0.1, 0.15) is 12.2 Å². The smallest absolute Gasteiger partial charge is 0.444 e. The highest BCUT2D eigenvalue weighted by Crippen LogP contribution is 2.27. The number of benzene rings is 2. The molecule has 0 amide bonds. The largest absolute Gasteiger partial charge is 0.447 e. The lowest BCUT2D eigenvalue weighted by Gasteiger charge is -2.21. The lowest BCUT2D eigenvalue weighted by molar-refractivity contribution is -0.484.